The van der Waals surface area contributed by atoms with Crippen molar-refractivity contribution in [1.29, 1.82) is 0 Å². The van der Waals surface area contributed by atoms with Gasteiger partial charge in [0.25, 0.3) is 0 Å². The molecule has 0 bridgehead atoms. The number of benzene rings is 2. The summed E-state index contributed by atoms with van der Waals surface area (Å²) in [6, 6.07) is 21.6. The SMILES string of the molecule is O=C1CC(c2cccnc2)=Nc2ccccc2N1Cc1ccccc1. The maximum absolute atomic E-state index is 13.0. The highest BCUT2D eigenvalue weighted by molar-refractivity contribution is 6.17. The van der Waals surface area contributed by atoms with Crippen LogP contribution in [0.1, 0.15) is 17.5 Å². The maximum Gasteiger partial charge on any atom is 0.233 e. The number of rotatable bonds is 3. The lowest BCUT2D eigenvalue weighted by atomic mass is 10.1. The summed E-state index contributed by atoms with van der Waals surface area (Å²) in [6.45, 7) is 0.534. The lowest BCUT2D eigenvalue weighted by Gasteiger charge is -2.22. The zero-order valence-electron chi connectivity index (χ0n) is 13.7. The van der Waals surface area contributed by atoms with Crippen LogP contribution in [-0.2, 0) is 11.3 Å². The first-order valence-corrected chi connectivity index (χ1v) is 8.22. The van der Waals surface area contributed by atoms with Gasteiger partial charge >= 0.3 is 0 Å². The van der Waals surface area contributed by atoms with Crippen LogP contribution in [0.25, 0.3) is 0 Å². The number of carbonyl (C=O) groups excluding carboxylic acids is 1. The van der Waals surface area contributed by atoms with Crippen molar-refractivity contribution in [2.24, 2.45) is 4.99 Å². The number of pyridine rings is 1. The Balaban J connectivity index is 1.75. The molecular weight excluding hydrogens is 310 g/mol. The van der Waals surface area contributed by atoms with Gasteiger partial charge in [-0.25, -0.2) is 0 Å². The summed E-state index contributed by atoms with van der Waals surface area (Å²) in [4.78, 5) is 23.7. The number of para-hydroxylation sites is 2. The third kappa shape index (κ3) is 3.19. The van der Waals surface area contributed by atoms with E-state index in [2.05, 4.69) is 4.98 Å². The normalized spacial score (nSPS) is 13.8. The van der Waals surface area contributed by atoms with Crippen molar-refractivity contribution < 1.29 is 4.79 Å². The highest BCUT2D eigenvalue weighted by Crippen LogP contribution is 2.33. The molecular formula is C21H17N3O. The molecule has 0 radical (unpaired) electrons. The average Bonchev–Trinajstić information content (AvgIpc) is 2.80. The second-order valence-corrected chi connectivity index (χ2v) is 5.93. The molecule has 1 aliphatic heterocycles. The van der Waals surface area contributed by atoms with Gasteiger partial charge in [-0.3, -0.25) is 14.8 Å². The monoisotopic (exact) mass is 327 g/mol. The molecule has 4 nitrogen and oxygen atoms in total. The summed E-state index contributed by atoms with van der Waals surface area (Å²) in [7, 11) is 0. The lowest BCUT2D eigenvalue weighted by Crippen LogP contribution is -2.31. The van der Waals surface area contributed by atoms with Crippen LogP contribution < -0.4 is 4.90 Å². The first-order chi connectivity index (χ1) is 12.3. The molecule has 25 heavy (non-hydrogen) atoms. The summed E-state index contributed by atoms with van der Waals surface area (Å²) in [6.07, 6.45) is 3.73. The van der Waals surface area contributed by atoms with Crippen molar-refractivity contribution in [3.05, 3.63) is 90.3 Å². The Bertz CT molecular complexity index is 920. The molecule has 0 spiro atoms. The minimum atomic E-state index is 0.0383. The number of nitrogens with zero attached hydrogens (tertiary/aromatic N) is 3. The van der Waals surface area contributed by atoms with Crippen LogP contribution in [0.4, 0.5) is 11.4 Å². The minimum Gasteiger partial charge on any atom is -0.306 e. The number of fused-ring (bicyclic) bond motifs is 1. The molecule has 2 heterocycles. The summed E-state index contributed by atoms with van der Waals surface area (Å²) in [5, 5.41) is 0. The highest BCUT2D eigenvalue weighted by atomic mass is 16.2. The third-order valence-electron chi connectivity index (χ3n) is 4.23. The van der Waals surface area contributed by atoms with E-state index in [-0.39, 0.29) is 12.3 Å². The number of amides is 1. The fourth-order valence-electron chi connectivity index (χ4n) is 2.98. The van der Waals surface area contributed by atoms with E-state index in [1.165, 1.54) is 0 Å². The number of hydrogen-bond acceptors (Lipinski definition) is 3. The molecule has 3 aromatic rings. The van der Waals surface area contributed by atoms with Gasteiger partial charge in [-0.2, -0.15) is 0 Å². The van der Waals surface area contributed by atoms with Gasteiger partial charge in [-0.05, 0) is 23.8 Å². The van der Waals surface area contributed by atoms with Crippen LogP contribution in [0.5, 0.6) is 0 Å². The van der Waals surface area contributed by atoms with Crippen molar-refractivity contribution in [2.45, 2.75) is 13.0 Å². The number of carbonyl (C=O) groups is 1. The van der Waals surface area contributed by atoms with E-state index in [9.17, 15) is 4.79 Å². The van der Waals surface area contributed by atoms with E-state index < -0.39 is 0 Å². The zero-order chi connectivity index (χ0) is 17.1. The number of aliphatic imine (C=N–C) groups is 1. The predicted molar refractivity (Wildman–Crippen MR) is 99.1 cm³/mol. The van der Waals surface area contributed by atoms with Gasteiger partial charge in [0, 0.05) is 18.0 Å². The molecule has 1 aliphatic rings. The largest absolute Gasteiger partial charge is 0.306 e. The Morgan fingerprint density at radius 2 is 1.72 bits per heavy atom. The standard InChI is InChI=1S/C21H17N3O/c25-21-13-19(17-9-6-12-22-14-17)23-18-10-4-5-11-20(18)24(21)15-16-7-2-1-3-8-16/h1-12,14H,13,15H2. The number of aromatic nitrogens is 1. The quantitative estimate of drug-likeness (QED) is 0.726. The summed E-state index contributed by atoms with van der Waals surface area (Å²) >= 11 is 0. The second-order valence-electron chi connectivity index (χ2n) is 5.93. The topological polar surface area (TPSA) is 45.6 Å². The molecule has 0 fully saturated rings. The molecule has 1 aromatic heterocycles. The van der Waals surface area contributed by atoms with E-state index in [0.29, 0.717) is 6.54 Å². The van der Waals surface area contributed by atoms with Crippen LogP contribution >= 0.6 is 0 Å². The fraction of sp³-hybridized carbons (Fsp3) is 0.0952. The van der Waals surface area contributed by atoms with Crippen molar-refractivity contribution >= 4 is 23.0 Å². The molecule has 2 aromatic carbocycles. The number of anilines is 1. The van der Waals surface area contributed by atoms with Crippen molar-refractivity contribution in [3.8, 4) is 0 Å². The van der Waals surface area contributed by atoms with E-state index in [4.69, 9.17) is 4.99 Å². The van der Waals surface area contributed by atoms with E-state index >= 15 is 0 Å². The summed E-state index contributed by atoms with van der Waals surface area (Å²) in [5.74, 6) is 0.0383. The van der Waals surface area contributed by atoms with Crippen LogP contribution in [0.3, 0.4) is 0 Å². The Hall–Kier alpha value is -3.27. The molecule has 0 unspecified atom stereocenters. The van der Waals surface area contributed by atoms with Gasteiger partial charge in [0.1, 0.15) is 0 Å². The lowest BCUT2D eigenvalue weighted by molar-refractivity contribution is -0.117. The molecule has 1 amide bonds. The smallest absolute Gasteiger partial charge is 0.233 e. The molecule has 122 valence electrons. The van der Waals surface area contributed by atoms with Gasteiger partial charge in [-0.1, -0.05) is 48.5 Å². The minimum absolute atomic E-state index is 0.0383. The molecule has 4 heteroatoms. The van der Waals surface area contributed by atoms with Crippen LogP contribution in [0.2, 0.25) is 0 Å². The fourth-order valence-corrected chi connectivity index (χ4v) is 2.98. The first-order valence-electron chi connectivity index (χ1n) is 8.22. The molecule has 4 rings (SSSR count). The Morgan fingerprint density at radius 3 is 2.52 bits per heavy atom. The van der Waals surface area contributed by atoms with Crippen molar-refractivity contribution in [1.82, 2.24) is 4.98 Å². The van der Waals surface area contributed by atoms with Crippen LogP contribution in [0, 0.1) is 0 Å². The molecule has 0 aliphatic carbocycles. The highest BCUT2D eigenvalue weighted by Gasteiger charge is 2.24. The van der Waals surface area contributed by atoms with E-state index in [1.807, 2.05) is 71.6 Å². The predicted octanol–water partition coefficient (Wildman–Crippen LogP) is 4.14. The van der Waals surface area contributed by atoms with Gasteiger partial charge in [0.15, 0.2) is 0 Å². The average molecular weight is 327 g/mol. The number of hydrogen-bond donors (Lipinski definition) is 0. The maximum atomic E-state index is 13.0. The van der Waals surface area contributed by atoms with Crippen LogP contribution in [-0.4, -0.2) is 16.6 Å². The Kier molecular flexibility index (Phi) is 4.09. The van der Waals surface area contributed by atoms with Crippen molar-refractivity contribution in [3.63, 3.8) is 0 Å². The van der Waals surface area contributed by atoms with Gasteiger partial charge < -0.3 is 4.90 Å². The second kappa shape index (κ2) is 6.69. The van der Waals surface area contributed by atoms with Gasteiger partial charge in [0.2, 0.25) is 5.91 Å². The Labute approximate surface area is 146 Å². The Morgan fingerprint density at radius 1 is 0.920 bits per heavy atom. The molecule has 0 saturated heterocycles. The molecule has 0 N–H and O–H groups in total. The first kappa shape index (κ1) is 15.3. The zero-order valence-corrected chi connectivity index (χ0v) is 13.7. The molecule has 0 saturated carbocycles. The van der Waals surface area contributed by atoms with Gasteiger partial charge in [-0.15, -0.1) is 0 Å². The third-order valence-corrected chi connectivity index (χ3v) is 4.23. The van der Waals surface area contributed by atoms with Crippen molar-refractivity contribution in [2.75, 3.05) is 4.90 Å². The van der Waals surface area contributed by atoms with E-state index in [0.717, 1.165) is 28.2 Å². The summed E-state index contributed by atoms with van der Waals surface area (Å²) < 4.78 is 0. The van der Waals surface area contributed by atoms with Crippen LogP contribution in [0.15, 0.2) is 84.1 Å². The molecule has 0 atom stereocenters. The summed E-state index contributed by atoms with van der Waals surface area (Å²) in [5.41, 5.74) is 4.38. The van der Waals surface area contributed by atoms with E-state index in [1.54, 1.807) is 12.4 Å². The van der Waals surface area contributed by atoms with Gasteiger partial charge in [0.05, 0.1) is 30.1 Å².